The van der Waals surface area contributed by atoms with Crippen LogP contribution < -0.4 is 10.6 Å². The van der Waals surface area contributed by atoms with Gasteiger partial charge in [-0.1, -0.05) is 6.92 Å². The lowest BCUT2D eigenvalue weighted by atomic mass is 9.93. The summed E-state index contributed by atoms with van der Waals surface area (Å²) >= 11 is 0. The first-order valence-electron chi connectivity index (χ1n) is 6.33. The number of hydrogen-bond donors (Lipinski definition) is 2. The molecule has 5 nitrogen and oxygen atoms in total. The second-order valence-corrected chi connectivity index (χ2v) is 4.28. The van der Waals surface area contributed by atoms with Crippen LogP contribution in [0.1, 0.15) is 39.5 Å². The van der Waals surface area contributed by atoms with Gasteiger partial charge in [-0.15, -0.1) is 0 Å². The van der Waals surface area contributed by atoms with Gasteiger partial charge in [0.2, 0.25) is 5.91 Å². The quantitative estimate of drug-likeness (QED) is 0.669. The normalized spacial score (nSPS) is 23.4. The number of amides is 1. The van der Waals surface area contributed by atoms with E-state index in [9.17, 15) is 9.59 Å². The van der Waals surface area contributed by atoms with Crippen LogP contribution in [0.4, 0.5) is 0 Å². The molecule has 1 aliphatic rings. The van der Waals surface area contributed by atoms with Gasteiger partial charge in [-0.05, 0) is 32.7 Å². The molecule has 0 aliphatic carbocycles. The van der Waals surface area contributed by atoms with Crippen molar-refractivity contribution in [2.45, 2.75) is 45.1 Å². The highest BCUT2D eigenvalue weighted by Crippen LogP contribution is 2.22. The third kappa shape index (κ3) is 3.70. The number of rotatable bonds is 6. The third-order valence-electron chi connectivity index (χ3n) is 3.20. The van der Waals surface area contributed by atoms with Crippen molar-refractivity contribution in [3.8, 4) is 0 Å². The molecule has 0 aromatic heterocycles. The zero-order chi connectivity index (χ0) is 12.7. The first-order chi connectivity index (χ1) is 8.14. The highest BCUT2D eigenvalue weighted by Gasteiger charge is 2.38. The smallest absolute Gasteiger partial charge is 0.307 e. The molecular formula is C12H22N2O3. The lowest BCUT2D eigenvalue weighted by Crippen LogP contribution is -2.53. The standard InChI is InChI=1S/C12H22N2O3/c1-3-12(7-5-8-14-12)11(16)13-9-6-10(15)17-4-2/h14H,3-9H2,1-2H3,(H,13,16). The van der Waals surface area contributed by atoms with E-state index in [2.05, 4.69) is 10.6 Å². The van der Waals surface area contributed by atoms with Crippen LogP contribution in [-0.2, 0) is 14.3 Å². The summed E-state index contributed by atoms with van der Waals surface area (Å²) < 4.78 is 4.79. The Hall–Kier alpha value is -1.10. The van der Waals surface area contributed by atoms with E-state index < -0.39 is 5.54 Å². The largest absolute Gasteiger partial charge is 0.466 e. The Bertz CT molecular complexity index is 273. The van der Waals surface area contributed by atoms with Gasteiger partial charge in [-0.2, -0.15) is 0 Å². The molecule has 1 saturated heterocycles. The SMILES string of the molecule is CCOC(=O)CCNC(=O)C1(CC)CCCN1. The summed E-state index contributed by atoms with van der Waals surface area (Å²) in [6, 6.07) is 0. The number of carbonyl (C=O) groups is 2. The monoisotopic (exact) mass is 242 g/mol. The highest BCUT2D eigenvalue weighted by atomic mass is 16.5. The summed E-state index contributed by atoms with van der Waals surface area (Å²) in [5.74, 6) is -0.264. The van der Waals surface area contributed by atoms with E-state index in [-0.39, 0.29) is 18.3 Å². The first-order valence-corrected chi connectivity index (χ1v) is 6.33. The fourth-order valence-corrected chi connectivity index (χ4v) is 2.14. The Kier molecular flexibility index (Phi) is 5.41. The van der Waals surface area contributed by atoms with Crippen molar-refractivity contribution in [3.63, 3.8) is 0 Å². The molecule has 0 bridgehead atoms. The van der Waals surface area contributed by atoms with Crippen molar-refractivity contribution in [2.24, 2.45) is 0 Å². The van der Waals surface area contributed by atoms with E-state index in [1.165, 1.54) is 0 Å². The highest BCUT2D eigenvalue weighted by molar-refractivity contribution is 5.87. The minimum atomic E-state index is -0.422. The molecule has 17 heavy (non-hydrogen) atoms. The van der Waals surface area contributed by atoms with Gasteiger partial charge in [-0.25, -0.2) is 0 Å². The van der Waals surface area contributed by atoms with Gasteiger partial charge in [0.15, 0.2) is 0 Å². The fraction of sp³-hybridized carbons (Fsp3) is 0.833. The molecule has 98 valence electrons. The molecule has 0 aromatic carbocycles. The summed E-state index contributed by atoms with van der Waals surface area (Å²) in [6.07, 6.45) is 2.91. The Morgan fingerprint density at radius 3 is 2.71 bits per heavy atom. The molecular weight excluding hydrogens is 220 g/mol. The van der Waals surface area contributed by atoms with Crippen LogP contribution in [0.5, 0.6) is 0 Å². The van der Waals surface area contributed by atoms with Crippen LogP contribution in [0, 0.1) is 0 Å². The predicted octanol–water partition coefficient (Wildman–Crippen LogP) is 0.588. The molecule has 1 rings (SSSR count). The molecule has 0 saturated carbocycles. The minimum Gasteiger partial charge on any atom is -0.466 e. The van der Waals surface area contributed by atoms with E-state index in [0.29, 0.717) is 13.2 Å². The van der Waals surface area contributed by atoms with E-state index in [1.54, 1.807) is 6.92 Å². The summed E-state index contributed by atoms with van der Waals surface area (Å²) in [7, 11) is 0. The Balaban J connectivity index is 2.31. The van der Waals surface area contributed by atoms with Crippen LogP contribution in [0.25, 0.3) is 0 Å². The summed E-state index contributed by atoms with van der Waals surface area (Å²) in [6.45, 7) is 5.39. The maximum absolute atomic E-state index is 12.0. The van der Waals surface area contributed by atoms with Gasteiger partial charge in [0.25, 0.3) is 0 Å². The molecule has 1 fully saturated rings. The van der Waals surface area contributed by atoms with Crippen LogP contribution >= 0.6 is 0 Å². The molecule has 0 aromatic rings. The molecule has 1 unspecified atom stereocenters. The molecule has 1 heterocycles. The van der Waals surface area contributed by atoms with Crippen molar-refractivity contribution in [1.82, 2.24) is 10.6 Å². The van der Waals surface area contributed by atoms with Gasteiger partial charge >= 0.3 is 5.97 Å². The second-order valence-electron chi connectivity index (χ2n) is 4.28. The average Bonchev–Trinajstić information content (AvgIpc) is 2.79. The van der Waals surface area contributed by atoms with E-state index in [0.717, 1.165) is 25.8 Å². The number of carbonyl (C=O) groups excluding carboxylic acids is 2. The lowest BCUT2D eigenvalue weighted by Gasteiger charge is -2.26. The van der Waals surface area contributed by atoms with Gasteiger partial charge in [0.05, 0.1) is 18.6 Å². The third-order valence-corrected chi connectivity index (χ3v) is 3.20. The topological polar surface area (TPSA) is 67.4 Å². The maximum atomic E-state index is 12.0. The van der Waals surface area contributed by atoms with Gasteiger partial charge in [0, 0.05) is 6.54 Å². The number of hydrogen-bond acceptors (Lipinski definition) is 4. The summed E-state index contributed by atoms with van der Waals surface area (Å²) in [4.78, 5) is 23.1. The summed E-state index contributed by atoms with van der Waals surface area (Å²) in [5.41, 5.74) is -0.422. The molecule has 0 spiro atoms. The number of ether oxygens (including phenoxy) is 1. The molecule has 0 radical (unpaired) electrons. The van der Waals surface area contributed by atoms with Crippen LogP contribution in [0.3, 0.4) is 0 Å². The molecule has 1 amide bonds. The molecule has 1 aliphatic heterocycles. The van der Waals surface area contributed by atoms with E-state index in [4.69, 9.17) is 4.74 Å². The molecule has 1 atom stereocenters. The van der Waals surface area contributed by atoms with Crippen molar-refractivity contribution >= 4 is 11.9 Å². The van der Waals surface area contributed by atoms with Gasteiger partial charge in [0.1, 0.15) is 0 Å². The first kappa shape index (κ1) is 14.0. The number of nitrogens with one attached hydrogen (secondary N) is 2. The zero-order valence-electron chi connectivity index (χ0n) is 10.7. The molecule has 5 heteroatoms. The van der Waals surface area contributed by atoms with Gasteiger partial charge < -0.3 is 15.4 Å². The van der Waals surface area contributed by atoms with Crippen molar-refractivity contribution in [1.29, 1.82) is 0 Å². The van der Waals surface area contributed by atoms with Crippen LogP contribution in [0.15, 0.2) is 0 Å². The van der Waals surface area contributed by atoms with Gasteiger partial charge in [-0.3, -0.25) is 9.59 Å². The van der Waals surface area contributed by atoms with E-state index in [1.807, 2.05) is 6.92 Å². The van der Waals surface area contributed by atoms with E-state index >= 15 is 0 Å². The second kappa shape index (κ2) is 6.59. The van der Waals surface area contributed by atoms with Crippen LogP contribution in [-0.4, -0.2) is 37.1 Å². The molecule has 2 N–H and O–H groups in total. The Labute approximate surface area is 102 Å². The van der Waals surface area contributed by atoms with Crippen LogP contribution in [0.2, 0.25) is 0 Å². The van der Waals surface area contributed by atoms with Crippen molar-refractivity contribution in [2.75, 3.05) is 19.7 Å². The minimum absolute atomic E-state index is 0.00167. The predicted molar refractivity (Wildman–Crippen MR) is 64.5 cm³/mol. The zero-order valence-corrected chi connectivity index (χ0v) is 10.7. The average molecular weight is 242 g/mol. The summed E-state index contributed by atoms with van der Waals surface area (Å²) in [5, 5.41) is 6.06. The Morgan fingerprint density at radius 1 is 1.41 bits per heavy atom. The maximum Gasteiger partial charge on any atom is 0.307 e. The fourth-order valence-electron chi connectivity index (χ4n) is 2.14. The van der Waals surface area contributed by atoms with Crippen molar-refractivity contribution in [3.05, 3.63) is 0 Å². The number of esters is 1. The lowest BCUT2D eigenvalue weighted by molar-refractivity contribution is -0.143. The van der Waals surface area contributed by atoms with Crippen molar-refractivity contribution < 1.29 is 14.3 Å². The Morgan fingerprint density at radius 2 is 2.18 bits per heavy atom.